The Hall–Kier alpha value is -1.06. The highest BCUT2D eigenvalue weighted by Crippen LogP contribution is 2.28. The molecule has 1 saturated carbocycles. The first kappa shape index (κ1) is 15.3. The molecule has 0 saturated heterocycles. The van der Waals surface area contributed by atoms with Gasteiger partial charge in [0.05, 0.1) is 13.2 Å². The molecular formula is C17H27NO2. The third-order valence-electron chi connectivity index (χ3n) is 4.63. The molecule has 0 aromatic heterocycles. The highest BCUT2D eigenvalue weighted by molar-refractivity contribution is 5.29. The first-order valence-corrected chi connectivity index (χ1v) is 7.64. The Labute approximate surface area is 122 Å². The van der Waals surface area contributed by atoms with Crippen LogP contribution in [-0.2, 0) is 0 Å². The second kappa shape index (κ2) is 7.09. The monoisotopic (exact) mass is 277 g/mol. The van der Waals surface area contributed by atoms with E-state index in [1.54, 1.807) is 7.11 Å². The number of rotatable bonds is 6. The Kier molecular flexibility index (Phi) is 5.44. The minimum absolute atomic E-state index is 0.129. The Morgan fingerprint density at radius 3 is 2.40 bits per heavy atom. The number of hydrogen-bond donors (Lipinski definition) is 1. The molecule has 2 rings (SSSR count). The lowest BCUT2D eigenvalue weighted by Crippen LogP contribution is -2.37. The zero-order chi connectivity index (χ0) is 14.5. The number of aliphatic hydroxyl groups excluding tert-OH is 1. The second-order valence-electron chi connectivity index (χ2n) is 6.05. The van der Waals surface area contributed by atoms with Crippen molar-refractivity contribution in [2.24, 2.45) is 5.92 Å². The average Bonchev–Trinajstić information content (AvgIpc) is 2.98. The topological polar surface area (TPSA) is 32.7 Å². The van der Waals surface area contributed by atoms with Gasteiger partial charge in [-0.05, 0) is 50.4 Å². The number of ether oxygens (including phenoxy) is 1. The molecule has 112 valence electrons. The van der Waals surface area contributed by atoms with Crippen molar-refractivity contribution in [3.8, 4) is 5.75 Å². The van der Waals surface area contributed by atoms with Crippen LogP contribution in [0.5, 0.6) is 5.75 Å². The molecule has 0 aliphatic heterocycles. The maximum atomic E-state index is 10.5. The first-order chi connectivity index (χ1) is 9.61. The Bertz CT molecular complexity index is 398. The van der Waals surface area contributed by atoms with Gasteiger partial charge in [0.25, 0.3) is 0 Å². The number of hydrogen-bond acceptors (Lipinski definition) is 3. The number of nitrogens with zero attached hydrogens (tertiary/aromatic N) is 1. The van der Waals surface area contributed by atoms with Crippen molar-refractivity contribution in [2.45, 2.75) is 44.8 Å². The second-order valence-corrected chi connectivity index (χ2v) is 6.05. The van der Waals surface area contributed by atoms with E-state index in [1.165, 1.54) is 25.7 Å². The van der Waals surface area contributed by atoms with Crippen LogP contribution in [0.15, 0.2) is 24.3 Å². The summed E-state index contributed by atoms with van der Waals surface area (Å²) in [6.07, 6.45) is 4.97. The van der Waals surface area contributed by atoms with Gasteiger partial charge >= 0.3 is 0 Å². The molecule has 20 heavy (non-hydrogen) atoms. The molecule has 1 aromatic rings. The quantitative estimate of drug-likeness (QED) is 0.866. The normalized spacial score (nSPS) is 19.2. The summed E-state index contributed by atoms with van der Waals surface area (Å²) in [7, 11) is 3.78. The van der Waals surface area contributed by atoms with Crippen molar-refractivity contribution >= 4 is 0 Å². The summed E-state index contributed by atoms with van der Waals surface area (Å²) in [6, 6.07) is 7.83. The van der Waals surface area contributed by atoms with Crippen LogP contribution in [0.25, 0.3) is 0 Å². The SMILES string of the molecule is COc1ccc(C(O)C(C)N(C)CC2CCCC2)cc1. The van der Waals surface area contributed by atoms with Crippen LogP contribution in [0, 0.1) is 5.92 Å². The molecule has 2 atom stereocenters. The molecule has 1 N–H and O–H groups in total. The Balaban J connectivity index is 1.93. The Morgan fingerprint density at radius 2 is 1.85 bits per heavy atom. The third kappa shape index (κ3) is 3.74. The summed E-state index contributed by atoms with van der Waals surface area (Å²) in [4.78, 5) is 2.30. The van der Waals surface area contributed by atoms with E-state index in [9.17, 15) is 5.11 Å². The number of likely N-dealkylation sites (N-methyl/N-ethyl adjacent to an activating group) is 1. The molecule has 0 bridgehead atoms. The van der Waals surface area contributed by atoms with E-state index >= 15 is 0 Å². The highest BCUT2D eigenvalue weighted by Gasteiger charge is 2.24. The smallest absolute Gasteiger partial charge is 0.118 e. The van der Waals surface area contributed by atoms with Gasteiger partial charge in [-0.1, -0.05) is 25.0 Å². The highest BCUT2D eigenvalue weighted by atomic mass is 16.5. The number of aliphatic hydroxyl groups is 1. The van der Waals surface area contributed by atoms with Crippen LogP contribution in [0.4, 0.5) is 0 Å². The fraction of sp³-hybridized carbons (Fsp3) is 0.647. The molecule has 0 spiro atoms. The third-order valence-corrected chi connectivity index (χ3v) is 4.63. The van der Waals surface area contributed by atoms with E-state index in [-0.39, 0.29) is 6.04 Å². The van der Waals surface area contributed by atoms with Crippen LogP contribution < -0.4 is 4.74 Å². The number of benzene rings is 1. The predicted molar refractivity (Wildman–Crippen MR) is 82.0 cm³/mol. The zero-order valence-electron chi connectivity index (χ0n) is 12.9. The summed E-state index contributed by atoms with van der Waals surface area (Å²) < 4.78 is 5.15. The van der Waals surface area contributed by atoms with Gasteiger partial charge in [-0.15, -0.1) is 0 Å². The number of methoxy groups -OCH3 is 1. The fourth-order valence-electron chi connectivity index (χ4n) is 3.09. The average molecular weight is 277 g/mol. The van der Waals surface area contributed by atoms with Crippen molar-refractivity contribution < 1.29 is 9.84 Å². The summed E-state index contributed by atoms with van der Waals surface area (Å²) in [6.45, 7) is 3.19. The van der Waals surface area contributed by atoms with Crippen molar-refractivity contribution in [1.29, 1.82) is 0 Å². The van der Waals surface area contributed by atoms with Gasteiger partial charge in [0.2, 0.25) is 0 Å². The predicted octanol–water partition coefficient (Wildman–Crippen LogP) is 3.24. The van der Waals surface area contributed by atoms with Crippen LogP contribution in [0.1, 0.15) is 44.3 Å². The molecule has 2 unspecified atom stereocenters. The molecule has 1 aromatic carbocycles. The van der Waals surface area contributed by atoms with Crippen LogP contribution in [-0.4, -0.2) is 36.8 Å². The molecule has 3 heteroatoms. The van der Waals surface area contributed by atoms with Gasteiger partial charge in [0.1, 0.15) is 5.75 Å². The molecule has 1 aliphatic rings. The molecule has 3 nitrogen and oxygen atoms in total. The minimum Gasteiger partial charge on any atom is -0.497 e. The zero-order valence-corrected chi connectivity index (χ0v) is 12.9. The van der Waals surface area contributed by atoms with Crippen LogP contribution >= 0.6 is 0 Å². The maximum absolute atomic E-state index is 10.5. The molecule has 1 fully saturated rings. The van der Waals surface area contributed by atoms with E-state index in [1.807, 2.05) is 24.3 Å². The van der Waals surface area contributed by atoms with Gasteiger partial charge in [0.15, 0.2) is 0 Å². The van der Waals surface area contributed by atoms with Crippen molar-refractivity contribution in [3.05, 3.63) is 29.8 Å². The lowest BCUT2D eigenvalue weighted by atomic mass is 10.0. The van der Waals surface area contributed by atoms with E-state index in [0.717, 1.165) is 23.8 Å². The van der Waals surface area contributed by atoms with Crippen molar-refractivity contribution in [2.75, 3.05) is 20.7 Å². The largest absolute Gasteiger partial charge is 0.497 e. The van der Waals surface area contributed by atoms with E-state index in [2.05, 4.69) is 18.9 Å². The van der Waals surface area contributed by atoms with Gasteiger partial charge in [-0.3, -0.25) is 0 Å². The van der Waals surface area contributed by atoms with Crippen LogP contribution in [0.2, 0.25) is 0 Å². The summed E-state index contributed by atoms with van der Waals surface area (Å²) >= 11 is 0. The van der Waals surface area contributed by atoms with Crippen LogP contribution in [0.3, 0.4) is 0 Å². The molecule has 1 aliphatic carbocycles. The fourth-order valence-corrected chi connectivity index (χ4v) is 3.09. The van der Waals surface area contributed by atoms with Gasteiger partial charge in [-0.25, -0.2) is 0 Å². The van der Waals surface area contributed by atoms with E-state index in [4.69, 9.17) is 4.74 Å². The molecule has 0 amide bonds. The molecule has 0 heterocycles. The van der Waals surface area contributed by atoms with Gasteiger partial charge in [-0.2, -0.15) is 0 Å². The summed E-state index contributed by atoms with van der Waals surface area (Å²) in [5, 5.41) is 10.5. The van der Waals surface area contributed by atoms with E-state index < -0.39 is 6.10 Å². The Morgan fingerprint density at radius 1 is 1.25 bits per heavy atom. The lowest BCUT2D eigenvalue weighted by molar-refractivity contribution is 0.0646. The van der Waals surface area contributed by atoms with Crippen molar-refractivity contribution in [1.82, 2.24) is 4.90 Å². The van der Waals surface area contributed by atoms with Gasteiger partial charge < -0.3 is 14.7 Å². The lowest BCUT2D eigenvalue weighted by Gasteiger charge is -2.31. The first-order valence-electron chi connectivity index (χ1n) is 7.64. The summed E-state index contributed by atoms with van der Waals surface area (Å²) in [5.41, 5.74) is 0.955. The van der Waals surface area contributed by atoms with Crippen molar-refractivity contribution in [3.63, 3.8) is 0 Å². The summed E-state index contributed by atoms with van der Waals surface area (Å²) in [5.74, 6) is 1.64. The molecule has 0 radical (unpaired) electrons. The molecular weight excluding hydrogens is 250 g/mol. The van der Waals surface area contributed by atoms with E-state index in [0.29, 0.717) is 0 Å². The maximum Gasteiger partial charge on any atom is 0.118 e. The van der Waals surface area contributed by atoms with Gasteiger partial charge in [0, 0.05) is 12.6 Å². The standard InChI is InChI=1S/C17H27NO2/c1-13(18(2)12-14-6-4-5-7-14)17(19)15-8-10-16(20-3)11-9-15/h8-11,13-14,17,19H,4-7,12H2,1-3H3. The minimum atomic E-state index is -0.452.